The average molecular weight is 511 g/mol. The molecule has 0 heterocycles. The van der Waals surface area contributed by atoms with Crippen molar-refractivity contribution in [3.05, 3.63) is 105 Å². The number of aryl methyl sites for hydroxylation is 1. The van der Waals surface area contributed by atoms with Gasteiger partial charge in [-0.25, -0.2) is 0 Å². The third-order valence-electron chi connectivity index (χ3n) is 6.04. The largest absolute Gasteiger partial charge is 0.354 e. The number of carbonyl (C=O) groups is 2. The fourth-order valence-electron chi connectivity index (χ4n) is 3.97. The second kappa shape index (κ2) is 13.3. The maximum atomic E-state index is 13.8. The molecule has 3 aromatic rings. The van der Waals surface area contributed by atoms with Crippen molar-refractivity contribution in [1.82, 2.24) is 10.2 Å². The van der Waals surface area contributed by atoms with E-state index in [-0.39, 0.29) is 24.8 Å². The van der Waals surface area contributed by atoms with Gasteiger partial charge in [-0.2, -0.15) is 0 Å². The number of unbranched alkanes of at least 4 members (excludes halogenated alkanes) is 1. The molecule has 0 saturated heterocycles. The highest BCUT2D eigenvalue weighted by Crippen LogP contribution is 2.25. The third kappa shape index (κ3) is 7.84. The lowest BCUT2D eigenvalue weighted by Gasteiger charge is -2.32. The van der Waals surface area contributed by atoms with Crippen molar-refractivity contribution in [1.29, 1.82) is 0 Å². The zero-order valence-corrected chi connectivity index (χ0v) is 21.8. The van der Waals surface area contributed by atoms with Gasteiger partial charge >= 0.3 is 0 Å². The summed E-state index contributed by atoms with van der Waals surface area (Å²) < 4.78 is 0. The van der Waals surface area contributed by atoms with Crippen molar-refractivity contribution in [3.8, 4) is 0 Å². The number of carbonyl (C=O) groups excluding carboxylic acids is 2. The van der Waals surface area contributed by atoms with Gasteiger partial charge in [0.05, 0.1) is 16.5 Å². The van der Waals surface area contributed by atoms with Crippen molar-refractivity contribution >= 4 is 35.0 Å². The summed E-state index contributed by atoms with van der Waals surface area (Å²) in [7, 11) is 0. The number of hydrogen-bond donors (Lipinski definition) is 1. The predicted octanol–water partition coefficient (Wildman–Crippen LogP) is 6.40. The molecule has 0 fully saturated rings. The van der Waals surface area contributed by atoms with Crippen LogP contribution < -0.4 is 5.32 Å². The van der Waals surface area contributed by atoms with Crippen molar-refractivity contribution in [2.75, 3.05) is 6.54 Å². The van der Waals surface area contributed by atoms with E-state index in [4.69, 9.17) is 23.2 Å². The molecule has 0 bridgehead atoms. The summed E-state index contributed by atoms with van der Waals surface area (Å²) in [5, 5.41) is 3.91. The number of hydrogen-bond acceptors (Lipinski definition) is 2. The number of rotatable bonds is 11. The SMILES string of the molecule is CCCCNC(=O)[C@H](Cc1ccccc1)N(Cc1ccc(Cl)c(Cl)c1)C(=O)Cc1ccccc1C. The molecule has 0 aliphatic carbocycles. The monoisotopic (exact) mass is 510 g/mol. The average Bonchev–Trinajstić information content (AvgIpc) is 2.85. The predicted molar refractivity (Wildman–Crippen MR) is 144 cm³/mol. The van der Waals surface area contributed by atoms with Crippen LogP contribution in [0.2, 0.25) is 10.0 Å². The van der Waals surface area contributed by atoms with Crippen LogP contribution in [0.25, 0.3) is 0 Å². The fourth-order valence-corrected chi connectivity index (χ4v) is 4.29. The lowest BCUT2D eigenvalue weighted by Crippen LogP contribution is -2.51. The summed E-state index contributed by atoms with van der Waals surface area (Å²) in [5.74, 6) is -0.266. The Morgan fingerprint density at radius 2 is 1.63 bits per heavy atom. The molecule has 35 heavy (non-hydrogen) atoms. The Bertz CT molecular complexity index is 1130. The molecular formula is C29H32Cl2N2O2. The van der Waals surface area contributed by atoms with Crippen LogP contribution in [0, 0.1) is 6.92 Å². The van der Waals surface area contributed by atoms with E-state index in [2.05, 4.69) is 12.2 Å². The first-order valence-corrected chi connectivity index (χ1v) is 12.7. The van der Waals surface area contributed by atoms with E-state index in [1.165, 1.54) is 0 Å². The van der Waals surface area contributed by atoms with E-state index in [0.717, 1.165) is 35.1 Å². The Hall–Kier alpha value is -2.82. The van der Waals surface area contributed by atoms with Gasteiger partial charge in [0.25, 0.3) is 0 Å². The molecule has 3 aromatic carbocycles. The van der Waals surface area contributed by atoms with E-state index in [1.54, 1.807) is 17.0 Å². The second-order valence-electron chi connectivity index (χ2n) is 8.72. The van der Waals surface area contributed by atoms with Crippen LogP contribution in [0.5, 0.6) is 0 Å². The van der Waals surface area contributed by atoms with E-state index >= 15 is 0 Å². The van der Waals surface area contributed by atoms with Crippen LogP contribution in [-0.4, -0.2) is 29.3 Å². The lowest BCUT2D eigenvalue weighted by molar-refractivity contribution is -0.140. The minimum absolute atomic E-state index is 0.114. The number of benzene rings is 3. The van der Waals surface area contributed by atoms with Crippen molar-refractivity contribution in [3.63, 3.8) is 0 Å². The molecule has 0 aliphatic rings. The van der Waals surface area contributed by atoms with Crippen LogP contribution >= 0.6 is 23.2 Å². The zero-order chi connectivity index (χ0) is 25.2. The van der Waals surface area contributed by atoms with Gasteiger partial charge in [0.15, 0.2) is 0 Å². The lowest BCUT2D eigenvalue weighted by atomic mass is 10.00. The molecule has 0 aliphatic heterocycles. The van der Waals surface area contributed by atoms with Gasteiger partial charge in [0, 0.05) is 19.5 Å². The minimum atomic E-state index is -0.666. The number of nitrogens with zero attached hydrogens (tertiary/aromatic N) is 1. The molecule has 0 spiro atoms. The van der Waals surface area contributed by atoms with Gasteiger partial charge in [-0.05, 0) is 47.7 Å². The molecular weight excluding hydrogens is 479 g/mol. The summed E-state index contributed by atoms with van der Waals surface area (Å²) in [6.07, 6.45) is 2.48. The van der Waals surface area contributed by atoms with E-state index in [9.17, 15) is 9.59 Å². The summed E-state index contributed by atoms with van der Waals surface area (Å²) in [5.41, 5.74) is 3.80. The molecule has 1 atom stereocenters. The Morgan fingerprint density at radius 1 is 0.914 bits per heavy atom. The van der Waals surface area contributed by atoms with Crippen molar-refractivity contribution in [2.24, 2.45) is 0 Å². The zero-order valence-electron chi connectivity index (χ0n) is 20.3. The van der Waals surface area contributed by atoms with Crippen LogP contribution in [0.1, 0.15) is 42.0 Å². The summed E-state index contributed by atoms with van der Waals surface area (Å²) in [6.45, 7) is 4.90. The number of amides is 2. The molecule has 1 N–H and O–H groups in total. The second-order valence-corrected chi connectivity index (χ2v) is 9.54. The van der Waals surface area contributed by atoms with Crippen molar-refractivity contribution in [2.45, 2.75) is 52.1 Å². The van der Waals surface area contributed by atoms with Gasteiger partial charge in [-0.3, -0.25) is 9.59 Å². The fraction of sp³-hybridized carbons (Fsp3) is 0.310. The highest BCUT2D eigenvalue weighted by molar-refractivity contribution is 6.42. The molecule has 184 valence electrons. The first-order valence-electron chi connectivity index (χ1n) is 12.0. The molecule has 3 rings (SSSR count). The van der Waals surface area contributed by atoms with E-state index in [0.29, 0.717) is 23.0 Å². The maximum absolute atomic E-state index is 13.8. The molecule has 0 radical (unpaired) electrons. The molecule has 0 aromatic heterocycles. The summed E-state index contributed by atoms with van der Waals surface area (Å²) in [6, 6.07) is 22.3. The van der Waals surface area contributed by atoms with Gasteiger partial charge in [0.2, 0.25) is 11.8 Å². The Kier molecular flexibility index (Phi) is 10.2. The molecule has 0 unspecified atom stereocenters. The molecule has 0 saturated carbocycles. The Morgan fingerprint density at radius 3 is 2.31 bits per heavy atom. The first kappa shape index (κ1) is 26.8. The summed E-state index contributed by atoms with van der Waals surface area (Å²) in [4.78, 5) is 28.9. The number of halogens is 2. The van der Waals surface area contributed by atoms with Crippen LogP contribution in [0.15, 0.2) is 72.8 Å². The van der Waals surface area contributed by atoms with Crippen molar-refractivity contribution < 1.29 is 9.59 Å². The third-order valence-corrected chi connectivity index (χ3v) is 6.78. The first-order chi connectivity index (χ1) is 16.9. The van der Waals surface area contributed by atoms with Gasteiger partial charge in [0.1, 0.15) is 6.04 Å². The maximum Gasteiger partial charge on any atom is 0.243 e. The molecule has 4 nitrogen and oxygen atoms in total. The number of nitrogens with one attached hydrogen (secondary N) is 1. The quantitative estimate of drug-likeness (QED) is 0.303. The Balaban J connectivity index is 1.97. The normalized spacial score (nSPS) is 11.7. The van der Waals surface area contributed by atoms with E-state index < -0.39 is 6.04 Å². The van der Waals surface area contributed by atoms with Gasteiger partial charge in [-0.15, -0.1) is 0 Å². The smallest absolute Gasteiger partial charge is 0.243 e. The van der Waals surface area contributed by atoms with Gasteiger partial charge in [-0.1, -0.05) is 97.2 Å². The van der Waals surface area contributed by atoms with Crippen LogP contribution in [-0.2, 0) is 29.0 Å². The summed E-state index contributed by atoms with van der Waals surface area (Å²) >= 11 is 12.4. The van der Waals surface area contributed by atoms with Crippen LogP contribution in [0.4, 0.5) is 0 Å². The highest BCUT2D eigenvalue weighted by atomic mass is 35.5. The molecule has 6 heteroatoms. The minimum Gasteiger partial charge on any atom is -0.354 e. The Labute approximate surface area is 218 Å². The topological polar surface area (TPSA) is 49.4 Å². The molecule has 2 amide bonds. The standard InChI is InChI=1S/C29H32Cl2N2O2/c1-3-4-16-32-29(35)27(18-22-11-6-5-7-12-22)33(20-23-14-15-25(30)26(31)17-23)28(34)19-24-13-9-8-10-21(24)2/h5-15,17,27H,3-4,16,18-20H2,1-2H3,(H,32,35)/t27-/m0/s1. The van der Waals surface area contributed by atoms with E-state index in [1.807, 2.05) is 67.6 Å². The van der Waals surface area contributed by atoms with Gasteiger partial charge < -0.3 is 10.2 Å². The van der Waals surface area contributed by atoms with Crippen LogP contribution in [0.3, 0.4) is 0 Å². The highest BCUT2D eigenvalue weighted by Gasteiger charge is 2.30.